The molecule has 0 aliphatic heterocycles. The molecule has 0 amide bonds. The highest BCUT2D eigenvalue weighted by molar-refractivity contribution is 6.31. The maximum absolute atomic E-state index is 5.80. The largest absolute Gasteiger partial charge is 0.277 e. The fourth-order valence-corrected chi connectivity index (χ4v) is 1.34. The maximum atomic E-state index is 5.80. The SMILES string of the molecule is C=Cc1n[nH]c2cc(Cl)ccc12. The number of rotatable bonds is 1. The quantitative estimate of drug-likeness (QED) is 0.715. The number of aromatic amines is 1. The fraction of sp³-hybridized carbons (Fsp3) is 0. The molecule has 2 aromatic rings. The number of hydrogen-bond acceptors (Lipinski definition) is 1. The first kappa shape index (κ1) is 7.37. The van der Waals surface area contributed by atoms with Gasteiger partial charge >= 0.3 is 0 Å². The average molecular weight is 179 g/mol. The van der Waals surface area contributed by atoms with Crippen LogP contribution in [-0.4, -0.2) is 10.2 Å². The number of fused-ring (bicyclic) bond motifs is 1. The van der Waals surface area contributed by atoms with Gasteiger partial charge in [0.05, 0.1) is 11.2 Å². The molecule has 2 nitrogen and oxygen atoms in total. The molecule has 1 aromatic heterocycles. The van der Waals surface area contributed by atoms with Gasteiger partial charge in [0, 0.05) is 10.4 Å². The van der Waals surface area contributed by atoms with E-state index in [4.69, 9.17) is 11.6 Å². The molecule has 0 bridgehead atoms. The second-order valence-electron chi connectivity index (χ2n) is 2.50. The Kier molecular flexibility index (Phi) is 1.62. The lowest BCUT2D eigenvalue weighted by Crippen LogP contribution is -1.69. The molecule has 0 spiro atoms. The topological polar surface area (TPSA) is 28.7 Å². The van der Waals surface area contributed by atoms with E-state index in [0.717, 1.165) is 16.6 Å². The van der Waals surface area contributed by atoms with E-state index in [2.05, 4.69) is 16.8 Å². The van der Waals surface area contributed by atoms with Gasteiger partial charge in [-0.05, 0) is 24.3 Å². The van der Waals surface area contributed by atoms with E-state index in [9.17, 15) is 0 Å². The van der Waals surface area contributed by atoms with Crippen molar-refractivity contribution in [3.8, 4) is 0 Å². The Morgan fingerprint density at radius 2 is 2.33 bits per heavy atom. The molecule has 1 aromatic carbocycles. The summed E-state index contributed by atoms with van der Waals surface area (Å²) < 4.78 is 0. The minimum Gasteiger partial charge on any atom is -0.277 e. The summed E-state index contributed by atoms with van der Waals surface area (Å²) in [4.78, 5) is 0. The van der Waals surface area contributed by atoms with Gasteiger partial charge in [0.25, 0.3) is 0 Å². The molecule has 3 heteroatoms. The highest BCUT2D eigenvalue weighted by Crippen LogP contribution is 2.20. The van der Waals surface area contributed by atoms with Gasteiger partial charge in [0.15, 0.2) is 0 Å². The van der Waals surface area contributed by atoms with E-state index < -0.39 is 0 Å². The van der Waals surface area contributed by atoms with Gasteiger partial charge in [-0.25, -0.2) is 0 Å². The van der Waals surface area contributed by atoms with Crippen molar-refractivity contribution >= 4 is 28.6 Å². The predicted octanol–water partition coefficient (Wildman–Crippen LogP) is 2.86. The van der Waals surface area contributed by atoms with Crippen molar-refractivity contribution in [3.63, 3.8) is 0 Å². The first-order valence-electron chi connectivity index (χ1n) is 3.57. The Labute approximate surface area is 74.9 Å². The zero-order valence-corrected chi connectivity index (χ0v) is 7.10. The highest BCUT2D eigenvalue weighted by Gasteiger charge is 2.01. The molecule has 1 heterocycles. The number of H-pyrrole nitrogens is 1. The molecule has 0 radical (unpaired) electrons. The molecule has 0 saturated carbocycles. The van der Waals surface area contributed by atoms with Gasteiger partial charge < -0.3 is 0 Å². The second kappa shape index (κ2) is 2.64. The van der Waals surface area contributed by atoms with Crippen LogP contribution in [0.2, 0.25) is 5.02 Å². The van der Waals surface area contributed by atoms with Crippen molar-refractivity contribution in [1.29, 1.82) is 0 Å². The van der Waals surface area contributed by atoms with Crippen LogP contribution in [0.5, 0.6) is 0 Å². The van der Waals surface area contributed by atoms with Crippen LogP contribution < -0.4 is 0 Å². The van der Waals surface area contributed by atoms with Crippen LogP contribution in [0.15, 0.2) is 24.8 Å². The molecule has 0 aliphatic carbocycles. The monoisotopic (exact) mass is 178 g/mol. The molecule has 0 atom stereocenters. The van der Waals surface area contributed by atoms with Crippen LogP contribution in [-0.2, 0) is 0 Å². The van der Waals surface area contributed by atoms with Gasteiger partial charge in [-0.3, -0.25) is 5.10 Å². The minimum absolute atomic E-state index is 0.710. The summed E-state index contributed by atoms with van der Waals surface area (Å²) in [5, 5.41) is 8.69. The summed E-state index contributed by atoms with van der Waals surface area (Å²) in [5.74, 6) is 0. The highest BCUT2D eigenvalue weighted by atomic mass is 35.5. The molecule has 12 heavy (non-hydrogen) atoms. The Bertz CT molecular complexity index is 431. The second-order valence-corrected chi connectivity index (χ2v) is 2.94. The van der Waals surface area contributed by atoms with E-state index in [1.165, 1.54) is 0 Å². The molecule has 0 fully saturated rings. The lowest BCUT2D eigenvalue weighted by atomic mass is 10.2. The lowest BCUT2D eigenvalue weighted by molar-refractivity contribution is 1.11. The number of aromatic nitrogens is 2. The van der Waals surface area contributed by atoms with Gasteiger partial charge in [-0.2, -0.15) is 5.10 Å². The molecule has 0 unspecified atom stereocenters. The Balaban J connectivity index is 2.81. The normalized spacial score (nSPS) is 10.4. The van der Waals surface area contributed by atoms with Gasteiger partial charge in [-0.15, -0.1) is 0 Å². The summed E-state index contributed by atoms with van der Waals surface area (Å²) in [6.07, 6.45) is 1.72. The minimum atomic E-state index is 0.710. The van der Waals surface area contributed by atoms with E-state index in [0.29, 0.717) is 5.02 Å². The van der Waals surface area contributed by atoms with E-state index in [-0.39, 0.29) is 0 Å². The number of nitrogens with zero attached hydrogens (tertiary/aromatic N) is 1. The van der Waals surface area contributed by atoms with Crippen LogP contribution >= 0.6 is 11.6 Å². The molecule has 60 valence electrons. The van der Waals surface area contributed by atoms with Crippen molar-refractivity contribution in [2.45, 2.75) is 0 Å². The Hall–Kier alpha value is -1.28. The van der Waals surface area contributed by atoms with Gasteiger partial charge in [0.2, 0.25) is 0 Å². The maximum Gasteiger partial charge on any atom is 0.0921 e. The predicted molar refractivity (Wildman–Crippen MR) is 51.2 cm³/mol. The Morgan fingerprint density at radius 3 is 3.08 bits per heavy atom. The summed E-state index contributed by atoms with van der Waals surface area (Å²) in [6.45, 7) is 3.66. The third-order valence-corrected chi connectivity index (χ3v) is 1.98. The molecule has 0 saturated heterocycles. The van der Waals surface area contributed by atoms with Crippen molar-refractivity contribution in [1.82, 2.24) is 10.2 Å². The summed E-state index contributed by atoms with van der Waals surface area (Å²) in [5.41, 5.74) is 1.80. The van der Waals surface area contributed by atoms with Crippen LogP contribution in [0.3, 0.4) is 0 Å². The smallest absolute Gasteiger partial charge is 0.0921 e. The molecule has 0 aliphatic rings. The average Bonchev–Trinajstić information content (AvgIpc) is 2.46. The van der Waals surface area contributed by atoms with Crippen LogP contribution in [0.1, 0.15) is 5.69 Å². The van der Waals surface area contributed by atoms with Crippen LogP contribution in [0.4, 0.5) is 0 Å². The summed E-state index contributed by atoms with van der Waals surface area (Å²) >= 11 is 5.80. The number of hydrogen-bond donors (Lipinski definition) is 1. The molecule has 2 rings (SSSR count). The molecule has 1 N–H and O–H groups in total. The summed E-state index contributed by atoms with van der Waals surface area (Å²) in [6, 6.07) is 5.61. The first-order valence-corrected chi connectivity index (χ1v) is 3.95. The third-order valence-electron chi connectivity index (χ3n) is 1.75. The van der Waals surface area contributed by atoms with Crippen molar-refractivity contribution < 1.29 is 0 Å². The third kappa shape index (κ3) is 1.01. The zero-order chi connectivity index (χ0) is 8.55. The van der Waals surface area contributed by atoms with E-state index >= 15 is 0 Å². The van der Waals surface area contributed by atoms with Crippen molar-refractivity contribution in [3.05, 3.63) is 35.5 Å². The zero-order valence-electron chi connectivity index (χ0n) is 6.34. The van der Waals surface area contributed by atoms with Gasteiger partial charge in [-0.1, -0.05) is 18.2 Å². The number of benzene rings is 1. The molecular weight excluding hydrogens is 172 g/mol. The first-order chi connectivity index (χ1) is 5.81. The Morgan fingerprint density at radius 1 is 1.50 bits per heavy atom. The van der Waals surface area contributed by atoms with Crippen molar-refractivity contribution in [2.24, 2.45) is 0 Å². The van der Waals surface area contributed by atoms with Crippen LogP contribution in [0.25, 0.3) is 17.0 Å². The fourth-order valence-electron chi connectivity index (χ4n) is 1.17. The number of halogens is 1. The van der Waals surface area contributed by atoms with Gasteiger partial charge in [0.1, 0.15) is 0 Å². The summed E-state index contributed by atoms with van der Waals surface area (Å²) in [7, 11) is 0. The lowest BCUT2D eigenvalue weighted by Gasteiger charge is -1.89. The van der Waals surface area contributed by atoms with Crippen LogP contribution in [0, 0.1) is 0 Å². The van der Waals surface area contributed by atoms with E-state index in [1.807, 2.05) is 18.2 Å². The molecular formula is C9H7ClN2. The number of nitrogens with one attached hydrogen (secondary N) is 1. The van der Waals surface area contributed by atoms with Crippen molar-refractivity contribution in [2.75, 3.05) is 0 Å². The van der Waals surface area contributed by atoms with E-state index in [1.54, 1.807) is 6.08 Å². The standard InChI is InChI=1S/C9H7ClN2/c1-2-8-7-4-3-6(10)5-9(7)12-11-8/h2-5H,1H2,(H,11,12).